The van der Waals surface area contributed by atoms with Gasteiger partial charge in [-0.15, -0.1) is 0 Å². The van der Waals surface area contributed by atoms with Crippen molar-refractivity contribution in [1.29, 1.82) is 0 Å². The van der Waals surface area contributed by atoms with Crippen LogP contribution in [-0.4, -0.2) is 36.8 Å². The van der Waals surface area contributed by atoms with E-state index in [0.717, 1.165) is 46.7 Å². The lowest BCUT2D eigenvalue weighted by atomic mass is 10.0. The first-order valence-corrected chi connectivity index (χ1v) is 8.48. The van der Waals surface area contributed by atoms with Crippen molar-refractivity contribution in [2.45, 2.75) is 25.5 Å². The van der Waals surface area contributed by atoms with E-state index in [2.05, 4.69) is 12.2 Å². The van der Waals surface area contributed by atoms with E-state index in [4.69, 9.17) is 27.9 Å². The Morgan fingerprint density at radius 1 is 1.47 bits per heavy atom. The minimum Gasteiger partial charge on any atom is -0.375 e. The molecule has 1 aromatic carbocycles. The molecule has 0 radical (unpaired) electrons. The maximum Gasteiger partial charge on any atom is 0.0821 e. The molecule has 2 atom stereocenters. The molecule has 1 heterocycles. The van der Waals surface area contributed by atoms with Crippen LogP contribution in [0.5, 0.6) is 0 Å². The highest BCUT2D eigenvalue weighted by Crippen LogP contribution is 2.24. The molecule has 0 bridgehead atoms. The van der Waals surface area contributed by atoms with Gasteiger partial charge in [-0.05, 0) is 36.7 Å². The lowest BCUT2D eigenvalue weighted by molar-refractivity contribution is 0.0476. The maximum atomic E-state index is 6.25. The Kier molecular flexibility index (Phi) is 6.30. The zero-order valence-electron chi connectivity index (χ0n) is 11.0. The van der Waals surface area contributed by atoms with Gasteiger partial charge in [-0.25, -0.2) is 0 Å². The van der Waals surface area contributed by atoms with E-state index in [0.29, 0.717) is 0 Å². The number of likely N-dealkylation sites (N-methyl/N-ethyl adjacent to an activating group) is 1. The van der Waals surface area contributed by atoms with Crippen LogP contribution in [0.1, 0.15) is 12.5 Å². The van der Waals surface area contributed by atoms with Gasteiger partial charge in [0.25, 0.3) is 0 Å². The zero-order valence-corrected chi connectivity index (χ0v) is 13.3. The van der Waals surface area contributed by atoms with Crippen molar-refractivity contribution in [3.05, 3.63) is 33.8 Å². The molecular formula is C14H19Cl2NOS. The van der Waals surface area contributed by atoms with Gasteiger partial charge >= 0.3 is 0 Å². The Labute approximate surface area is 129 Å². The van der Waals surface area contributed by atoms with Crippen molar-refractivity contribution < 1.29 is 4.74 Å². The standard InChI is InChI=1S/C14H19Cl2NOS/c1-2-17-13(14-9-19-6-5-18-14)8-10-7-11(15)3-4-12(10)16/h3-4,7,13-14,17H,2,5-6,8-9H2,1H3. The normalized spacial score (nSPS) is 21.3. The second kappa shape index (κ2) is 7.75. The van der Waals surface area contributed by atoms with E-state index in [1.54, 1.807) is 0 Å². The van der Waals surface area contributed by atoms with E-state index < -0.39 is 0 Å². The van der Waals surface area contributed by atoms with Crippen molar-refractivity contribution >= 4 is 35.0 Å². The van der Waals surface area contributed by atoms with E-state index in [1.807, 2.05) is 30.0 Å². The topological polar surface area (TPSA) is 21.3 Å². The molecule has 1 saturated heterocycles. The fourth-order valence-electron chi connectivity index (χ4n) is 2.27. The Bertz CT molecular complexity index is 410. The van der Waals surface area contributed by atoms with Crippen LogP contribution in [0.2, 0.25) is 10.0 Å². The number of nitrogens with one attached hydrogen (secondary N) is 1. The molecule has 2 rings (SSSR count). The van der Waals surface area contributed by atoms with Crippen LogP contribution in [0.3, 0.4) is 0 Å². The first kappa shape index (κ1) is 15.5. The predicted molar refractivity (Wildman–Crippen MR) is 84.7 cm³/mol. The molecule has 0 aliphatic carbocycles. The molecule has 0 saturated carbocycles. The third-order valence-corrected chi connectivity index (χ3v) is 4.83. The van der Waals surface area contributed by atoms with E-state index >= 15 is 0 Å². The first-order chi connectivity index (χ1) is 9.20. The smallest absolute Gasteiger partial charge is 0.0821 e. The van der Waals surface area contributed by atoms with E-state index in [1.165, 1.54) is 0 Å². The van der Waals surface area contributed by atoms with Crippen molar-refractivity contribution in [2.24, 2.45) is 0 Å². The van der Waals surface area contributed by atoms with Gasteiger partial charge in [0.1, 0.15) is 0 Å². The molecule has 1 aromatic rings. The molecule has 19 heavy (non-hydrogen) atoms. The summed E-state index contributed by atoms with van der Waals surface area (Å²) in [6.07, 6.45) is 1.09. The summed E-state index contributed by atoms with van der Waals surface area (Å²) in [5.74, 6) is 2.13. The fraction of sp³-hybridized carbons (Fsp3) is 0.571. The summed E-state index contributed by atoms with van der Waals surface area (Å²) in [6, 6.07) is 5.92. The minimum atomic E-state index is 0.244. The summed E-state index contributed by atoms with van der Waals surface area (Å²) >= 11 is 14.2. The molecule has 0 aromatic heterocycles. The Morgan fingerprint density at radius 3 is 3.00 bits per heavy atom. The van der Waals surface area contributed by atoms with Crippen molar-refractivity contribution in [3.8, 4) is 0 Å². The van der Waals surface area contributed by atoms with Crippen LogP contribution in [-0.2, 0) is 11.2 Å². The number of hydrogen-bond acceptors (Lipinski definition) is 3. The quantitative estimate of drug-likeness (QED) is 0.895. The summed E-state index contributed by atoms with van der Waals surface area (Å²) in [7, 11) is 0. The molecule has 2 nitrogen and oxygen atoms in total. The third kappa shape index (κ3) is 4.54. The number of hydrogen-bond donors (Lipinski definition) is 1. The second-order valence-electron chi connectivity index (χ2n) is 4.59. The number of benzene rings is 1. The average Bonchev–Trinajstić information content (AvgIpc) is 2.43. The van der Waals surface area contributed by atoms with Gasteiger partial charge in [-0.2, -0.15) is 11.8 Å². The molecule has 106 valence electrons. The first-order valence-electron chi connectivity index (χ1n) is 6.57. The van der Waals surface area contributed by atoms with Crippen LogP contribution < -0.4 is 5.32 Å². The number of thioether (sulfide) groups is 1. The van der Waals surface area contributed by atoms with Crippen molar-refractivity contribution in [1.82, 2.24) is 5.32 Å². The molecule has 1 N–H and O–H groups in total. The molecule has 1 aliphatic heterocycles. The van der Waals surface area contributed by atoms with Gasteiger partial charge in [-0.3, -0.25) is 0 Å². The molecule has 1 aliphatic rings. The van der Waals surface area contributed by atoms with Gasteiger partial charge in [0.05, 0.1) is 12.7 Å². The molecular weight excluding hydrogens is 301 g/mol. The van der Waals surface area contributed by atoms with Crippen LogP contribution in [0, 0.1) is 0 Å². The Balaban J connectivity index is 2.08. The SMILES string of the molecule is CCNC(Cc1cc(Cl)ccc1Cl)C1CSCCO1. The second-order valence-corrected chi connectivity index (χ2v) is 6.58. The zero-order chi connectivity index (χ0) is 13.7. The molecule has 5 heteroatoms. The van der Waals surface area contributed by atoms with Crippen LogP contribution in [0.4, 0.5) is 0 Å². The predicted octanol–water partition coefficient (Wildman–Crippen LogP) is 3.65. The van der Waals surface area contributed by atoms with Crippen molar-refractivity contribution in [2.75, 3.05) is 24.7 Å². The molecule has 0 amide bonds. The van der Waals surface area contributed by atoms with Crippen LogP contribution >= 0.6 is 35.0 Å². The highest BCUT2D eigenvalue weighted by molar-refractivity contribution is 7.99. The summed E-state index contributed by atoms with van der Waals surface area (Å²) in [5, 5.41) is 5.01. The number of ether oxygens (including phenoxy) is 1. The average molecular weight is 320 g/mol. The molecule has 2 unspecified atom stereocenters. The monoisotopic (exact) mass is 319 g/mol. The van der Waals surface area contributed by atoms with E-state index in [9.17, 15) is 0 Å². The highest BCUT2D eigenvalue weighted by atomic mass is 35.5. The Morgan fingerprint density at radius 2 is 2.32 bits per heavy atom. The lowest BCUT2D eigenvalue weighted by Crippen LogP contribution is -2.46. The van der Waals surface area contributed by atoms with Gasteiger partial charge in [0, 0.05) is 27.6 Å². The number of halogens is 2. The summed E-state index contributed by atoms with van der Waals surface area (Å²) in [4.78, 5) is 0. The maximum absolute atomic E-state index is 6.25. The summed E-state index contributed by atoms with van der Waals surface area (Å²) in [6.45, 7) is 3.87. The van der Waals surface area contributed by atoms with Crippen molar-refractivity contribution in [3.63, 3.8) is 0 Å². The molecule has 1 fully saturated rings. The minimum absolute atomic E-state index is 0.244. The summed E-state index contributed by atoms with van der Waals surface area (Å²) in [5.41, 5.74) is 1.08. The Hall–Kier alpha value is 0.0700. The largest absolute Gasteiger partial charge is 0.375 e. The fourth-order valence-corrected chi connectivity index (χ4v) is 3.60. The molecule has 0 spiro atoms. The summed E-state index contributed by atoms with van der Waals surface area (Å²) < 4.78 is 5.88. The van der Waals surface area contributed by atoms with Gasteiger partial charge in [-0.1, -0.05) is 30.1 Å². The number of rotatable bonds is 5. The third-order valence-electron chi connectivity index (χ3n) is 3.20. The van der Waals surface area contributed by atoms with Crippen LogP contribution in [0.25, 0.3) is 0 Å². The van der Waals surface area contributed by atoms with Gasteiger partial charge < -0.3 is 10.1 Å². The highest BCUT2D eigenvalue weighted by Gasteiger charge is 2.25. The van der Waals surface area contributed by atoms with Crippen LogP contribution in [0.15, 0.2) is 18.2 Å². The van der Waals surface area contributed by atoms with Gasteiger partial charge in [0.2, 0.25) is 0 Å². The lowest BCUT2D eigenvalue weighted by Gasteiger charge is -2.31. The van der Waals surface area contributed by atoms with E-state index in [-0.39, 0.29) is 12.1 Å². The van der Waals surface area contributed by atoms with Gasteiger partial charge in [0.15, 0.2) is 0 Å².